The van der Waals surface area contributed by atoms with Crippen molar-refractivity contribution in [2.45, 2.75) is 18.4 Å². The molecule has 2 heterocycles. The molecular weight excluding hydrogens is 349 g/mol. The van der Waals surface area contributed by atoms with Gasteiger partial charge in [0.05, 0.1) is 11.8 Å². The second kappa shape index (κ2) is 6.90. The number of rotatable bonds is 1. The van der Waals surface area contributed by atoms with E-state index in [0.29, 0.717) is 47.1 Å². The molecule has 6 heteroatoms. The largest absolute Gasteiger partial charge is 0.472 e. The van der Waals surface area contributed by atoms with Crippen molar-refractivity contribution in [2.24, 2.45) is 0 Å². The summed E-state index contributed by atoms with van der Waals surface area (Å²) >= 11 is 11.9. The molecular formula is C18H15Cl2NO3. The number of piperidine rings is 1. The lowest BCUT2D eigenvalue weighted by Gasteiger charge is -2.34. The molecule has 1 aromatic heterocycles. The van der Waals surface area contributed by atoms with Crippen LogP contribution in [0.4, 0.5) is 0 Å². The fourth-order valence-electron chi connectivity index (χ4n) is 2.59. The SMILES string of the molecule is O=C(c1ccoc1)N1CCC(O)(C#Cc2cc(Cl)cc(Cl)c2)CC1. The molecule has 0 bridgehead atoms. The van der Waals surface area contributed by atoms with E-state index in [-0.39, 0.29) is 5.91 Å². The van der Waals surface area contributed by atoms with Crippen LogP contribution in [0.3, 0.4) is 0 Å². The molecule has 4 nitrogen and oxygen atoms in total. The third-order valence-electron chi connectivity index (χ3n) is 3.95. The minimum atomic E-state index is -1.12. The molecule has 1 fully saturated rings. The molecule has 0 saturated carbocycles. The maximum absolute atomic E-state index is 12.2. The molecule has 0 radical (unpaired) electrons. The molecule has 0 aliphatic carbocycles. The smallest absolute Gasteiger partial charge is 0.257 e. The highest BCUT2D eigenvalue weighted by Crippen LogP contribution is 2.24. The van der Waals surface area contributed by atoms with Crippen LogP contribution in [0.2, 0.25) is 10.0 Å². The Morgan fingerprint density at radius 3 is 2.46 bits per heavy atom. The second-order valence-corrected chi connectivity index (χ2v) is 6.62. The van der Waals surface area contributed by atoms with Crippen LogP contribution in [0.25, 0.3) is 0 Å². The Hall–Kier alpha value is -1.93. The van der Waals surface area contributed by atoms with Crippen LogP contribution >= 0.6 is 23.2 Å². The van der Waals surface area contributed by atoms with E-state index in [9.17, 15) is 9.90 Å². The highest BCUT2D eigenvalue weighted by Gasteiger charge is 2.32. The number of benzene rings is 1. The number of carbonyl (C=O) groups is 1. The number of likely N-dealkylation sites (tertiary alicyclic amines) is 1. The van der Waals surface area contributed by atoms with Crippen molar-refractivity contribution in [2.75, 3.05) is 13.1 Å². The Morgan fingerprint density at radius 2 is 1.88 bits per heavy atom. The zero-order valence-electron chi connectivity index (χ0n) is 12.8. The predicted octanol–water partition coefficient (Wildman–Crippen LogP) is 3.61. The van der Waals surface area contributed by atoms with E-state index in [2.05, 4.69) is 11.8 Å². The van der Waals surface area contributed by atoms with E-state index in [1.165, 1.54) is 12.5 Å². The Bertz CT molecular complexity index is 777. The van der Waals surface area contributed by atoms with Gasteiger partial charge in [-0.2, -0.15) is 0 Å². The monoisotopic (exact) mass is 363 g/mol. The van der Waals surface area contributed by atoms with Crippen molar-refractivity contribution < 1.29 is 14.3 Å². The van der Waals surface area contributed by atoms with Gasteiger partial charge < -0.3 is 14.4 Å². The summed E-state index contributed by atoms with van der Waals surface area (Å²) in [6.45, 7) is 0.872. The average molecular weight is 364 g/mol. The summed E-state index contributed by atoms with van der Waals surface area (Å²) in [5.74, 6) is 5.72. The molecule has 1 aromatic carbocycles. The Balaban J connectivity index is 1.67. The van der Waals surface area contributed by atoms with E-state index < -0.39 is 5.60 Å². The second-order valence-electron chi connectivity index (χ2n) is 5.74. The first-order chi connectivity index (χ1) is 11.5. The van der Waals surface area contributed by atoms with Gasteiger partial charge >= 0.3 is 0 Å². The van der Waals surface area contributed by atoms with E-state index in [1.54, 1.807) is 29.2 Å². The normalized spacial score (nSPS) is 16.4. The Labute approximate surface area is 150 Å². The number of halogens is 2. The highest BCUT2D eigenvalue weighted by molar-refractivity contribution is 6.34. The summed E-state index contributed by atoms with van der Waals surface area (Å²) < 4.78 is 4.93. The standard InChI is InChI=1S/C18H15Cl2NO3/c19-15-9-13(10-16(20)11-15)1-3-18(23)4-6-21(7-5-18)17(22)14-2-8-24-12-14/h2,8-12,23H,4-7H2. The van der Waals surface area contributed by atoms with Gasteiger partial charge in [0.2, 0.25) is 0 Å². The van der Waals surface area contributed by atoms with Crippen molar-refractivity contribution in [1.29, 1.82) is 0 Å². The fraction of sp³-hybridized carbons (Fsp3) is 0.278. The minimum Gasteiger partial charge on any atom is -0.472 e. The van der Waals surface area contributed by atoms with Gasteiger partial charge in [-0.1, -0.05) is 35.0 Å². The number of furan rings is 1. The van der Waals surface area contributed by atoms with Crippen molar-refractivity contribution in [3.63, 3.8) is 0 Å². The van der Waals surface area contributed by atoms with Crippen LogP contribution < -0.4 is 0 Å². The van der Waals surface area contributed by atoms with Gasteiger partial charge in [-0.3, -0.25) is 4.79 Å². The van der Waals surface area contributed by atoms with Crippen LogP contribution in [-0.2, 0) is 0 Å². The summed E-state index contributed by atoms with van der Waals surface area (Å²) in [6.07, 6.45) is 3.66. The Kier molecular flexibility index (Phi) is 4.86. The molecule has 0 spiro atoms. The van der Waals surface area contributed by atoms with Crippen molar-refractivity contribution >= 4 is 29.1 Å². The molecule has 1 N–H and O–H groups in total. The van der Waals surface area contributed by atoms with Crippen molar-refractivity contribution in [1.82, 2.24) is 4.90 Å². The first kappa shape index (κ1) is 16.9. The van der Waals surface area contributed by atoms with E-state index in [1.807, 2.05) is 0 Å². The third-order valence-corrected chi connectivity index (χ3v) is 4.38. The van der Waals surface area contributed by atoms with E-state index in [0.717, 1.165) is 0 Å². The van der Waals surface area contributed by atoms with Gasteiger partial charge in [0.25, 0.3) is 5.91 Å². The van der Waals surface area contributed by atoms with Crippen LogP contribution in [0.5, 0.6) is 0 Å². The predicted molar refractivity (Wildman–Crippen MR) is 92.1 cm³/mol. The van der Waals surface area contributed by atoms with Gasteiger partial charge in [0, 0.05) is 41.5 Å². The lowest BCUT2D eigenvalue weighted by molar-refractivity contribution is 0.0248. The summed E-state index contributed by atoms with van der Waals surface area (Å²) in [6, 6.07) is 6.65. The van der Waals surface area contributed by atoms with Gasteiger partial charge in [-0.15, -0.1) is 0 Å². The maximum atomic E-state index is 12.2. The van der Waals surface area contributed by atoms with E-state index >= 15 is 0 Å². The fourth-order valence-corrected chi connectivity index (χ4v) is 3.11. The minimum absolute atomic E-state index is 0.0969. The van der Waals surface area contributed by atoms with Crippen LogP contribution in [0, 0.1) is 11.8 Å². The number of amides is 1. The molecule has 1 aliphatic heterocycles. The molecule has 0 atom stereocenters. The summed E-state index contributed by atoms with van der Waals surface area (Å²) in [5.41, 5.74) is 0.0417. The number of hydrogen-bond acceptors (Lipinski definition) is 3. The number of aliphatic hydroxyl groups is 1. The number of nitrogens with zero attached hydrogens (tertiary/aromatic N) is 1. The summed E-state index contributed by atoms with van der Waals surface area (Å²) in [7, 11) is 0. The number of hydrogen-bond donors (Lipinski definition) is 1. The third kappa shape index (κ3) is 3.93. The first-order valence-electron chi connectivity index (χ1n) is 7.48. The van der Waals surface area contributed by atoms with Crippen LogP contribution in [0.1, 0.15) is 28.8 Å². The molecule has 2 aromatic rings. The molecule has 1 aliphatic rings. The molecule has 1 saturated heterocycles. The molecule has 1 amide bonds. The lowest BCUT2D eigenvalue weighted by Crippen LogP contribution is -2.46. The zero-order valence-corrected chi connectivity index (χ0v) is 14.3. The maximum Gasteiger partial charge on any atom is 0.257 e. The summed E-state index contributed by atoms with van der Waals surface area (Å²) in [5, 5.41) is 11.6. The Morgan fingerprint density at radius 1 is 1.21 bits per heavy atom. The molecule has 0 unspecified atom stereocenters. The zero-order chi connectivity index (χ0) is 17.2. The van der Waals surface area contributed by atoms with Crippen LogP contribution in [0.15, 0.2) is 41.2 Å². The van der Waals surface area contributed by atoms with Gasteiger partial charge in [-0.25, -0.2) is 0 Å². The lowest BCUT2D eigenvalue weighted by atomic mass is 9.91. The van der Waals surface area contributed by atoms with Crippen molar-refractivity contribution in [3.05, 3.63) is 58.0 Å². The van der Waals surface area contributed by atoms with E-state index in [4.69, 9.17) is 27.6 Å². The van der Waals surface area contributed by atoms with Gasteiger partial charge in [0.15, 0.2) is 0 Å². The first-order valence-corrected chi connectivity index (χ1v) is 8.24. The molecule has 24 heavy (non-hydrogen) atoms. The van der Waals surface area contributed by atoms with Crippen LogP contribution in [-0.4, -0.2) is 34.6 Å². The summed E-state index contributed by atoms with van der Waals surface area (Å²) in [4.78, 5) is 13.9. The molecule has 124 valence electrons. The number of carbonyl (C=O) groups excluding carboxylic acids is 1. The average Bonchev–Trinajstić information content (AvgIpc) is 3.07. The highest BCUT2D eigenvalue weighted by atomic mass is 35.5. The van der Waals surface area contributed by atoms with Gasteiger partial charge in [-0.05, 0) is 24.3 Å². The molecule has 3 rings (SSSR count). The van der Waals surface area contributed by atoms with Crippen molar-refractivity contribution in [3.8, 4) is 11.8 Å². The quantitative estimate of drug-likeness (QED) is 0.787. The van der Waals surface area contributed by atoms with Gasteiger partial charge in [0.1, 0.15) is 11.9 Å². The topological polar surface area (TPSA) is 53.7 Å².